The van der Waals surface area contributed by atoms with Gasteiger partial charge in [0.1, 0.15) is 0 Å². The summed E-state index contributed by atoms with van der Waals surface area (Å²) in [5.74, 6) is 0.573. The van der Waals surface area contributed by atoms with E-state index in [1.807, 2.05) is 0 Å². The molecule has 260 valence electrons. The fourth-order valence-corrected chi connectivity index (χ4v) is 6.44. The molecular formula is C45H60Cl2Zr-2. The minimum atomic E-state index is 0. The van der Waals surface area contributed by atoms with Crippen molar-refractivity contribution in [2.24, 2.45) is 11.3 Å². The van der Waals surface area contributed by atoms with Crippen molar-refractivity contribution in [3.05, 3.63) is 117 Å². The van der Waals surface area contributed by atoms with E-state index in [9.17, 15) is 0 Å². The Kier molecular flexibility index (Phi) is 16.3. The second-order valence-electron chi connectivity index (χ2n) is 17.2. The van der Waals surface area contributed by atoms with Gasteiger partial charge in [-0.05, 0) is 28.4 Å². The molecule has 0 fully saturated rings. The molecular weight excluding hydrogens is 703 g/mol. The van der Waals surface area contributed by atoms with E-state index in [1.54, 1.807) is 0 Å². The Hall–Kier alpha value is -1.53. The van der Waals surface area contributed by atoms with Gasteiger partial charge in [-0.3, -0.25) is 6.08 Å². The molecule has 1 unspecified atom stereocenters. The summed E-state index contributed by atoms with van der Waals surface area (Å²) in [4.78, 5) is 0. The molecule has 2 aliphatic carbocycles. The summed E-state index contributed by atoms with van der Waals surface area (Å²) in [6.07, 6.45) is 9.31. The molecule has 0 bridgehead atoms. The molecule has 0 saturated carbocycles. The van der Waals surface area contributed by atoms with Crippen molar-refractivity contribution in [3.8, 4) is 11.1 Å². The number of halogens is 2. The zero-order valence-electron chi connectivity index (χ0n) is 32.3. The van der Waals surface area contributed by atoms with Crippen molar-refractivity contribution in [1.82, 2.24) is 0 Å². The van der Waals surface area contributed by atoms with Crippen molar-refractivity contribution < 1.29 is 49.0 Å². The van der Waals surface area contributed by atoms with Gasteiger partial charge in [-0.15, -0.1) is 11.1 Å². The van der Waals surface area contributed by atoms with E-state index in [0.717, 1.165) is 12.8 Å². The average molecular weight is 763 g/mol. The van der Waals surface area contributed by atoms with Crippen LogP contribution in [0, 0.1) is 23.5 Å². The molecule has 48 heavy (non-hydrogen) atoms. The minimum absolute atomic E-state index is 0. The van der Waals surface area contributed by atoms with E-state index in [-0.39, 0.29) is 41.1 Å². The van der Waals surface area contributed by atoms with E-state index in [2.05, 4.69) is 173 Å². The number of allylic oxidation sites excluding steroid dienone is 4. The molecule has 0 aliphatic heterocycles. The van der Waals surface area contributed by atoms with Crippen molar-refractivity contribution in [2.45, 2.75) is 132 Å². The zero-order chi connectivity index (χ0) is 34.7. The van der Waals surface area contributed by atoms with Crippen LogP contribution in [0.15, 0.2) is 71.8 Å². The Labute approximate surface area is 322 Å². The van der Waals surface area contributed by atoms with Crippen LogP contribution >= 0.6 is 0 Å². The molecule has 1 atom stereocenters. The first-order valence-corrected chi connectivity index (χ1v) is 18.8. The number of fused-ring (bicyclic) bond motifs is 3. The Morgan fingerprint density at radius 1 is 0.688 bits per heavy atom. The fraction of sp³-hybridized carbons (Fsp3) is 0.489. The Bertz CT molecular complexity index is 1500. The maximum Gasteiger partial charge on any atom is -0.0640 e. The normalized spacial score (nSPS) is 15.2. The summed E-state index contributed by atoms with van der Waals surface area (Å²) in [5, 5.41) is 0. The number of hydrogen-bond acceptors (Lipinski definition) is 0. The molecule has 5 rings (SSSR count). The van der Waals surface area contributed by atoms with Crippen molar-refractivity contribution in [2.75, 3.05) is 0 Å². The summed E-state index contributed by atoms with van der Waals surface area (Å²) < 4.78 is 2.21. The van der Waals surface area contributed by atoms with Crippen LogP contribution in [0.5, 0.6) is 0 Å². The Morgan fingerprint density at radius 2 is 1.23 bits per heavy atom. The van der Waals surface area contributed by atoms with E-state index >= 15 is 0 Å². The van der Waals surface area contributed by atoms with Gasteiger partial charge in [0.2, 0.25) is 0 Å². The molecule has 0 radical (unpaired) electrons. The number of rotatable bonds is 3. The molecule has 3 heteroatoms. The summed E-state index contributed by atoms with van der Waals surface area (Å²) in [6.45, 7) is 31.6. The largest absolute Gasteiger partial charge is 1.00 e. The third kappa shape index (κ3) is 11.8. The minimum Gasteiger partial charge on any atom is -1.00 e. The maximum absolute atomic E-state index is 3.67. The number of benzene rings is 3. The van der Waals surface area contributed by atoms with Gasteiger partial charge < -0.3 is 24.8 Å². The second kappa shape index (κ2) is 17.6. The average Bonchev–Trinajstić information content (AvgIpc) is 3.57. The molecule has 0 saturated heterocycles. The van der Waals surface area contributed by atoms with Gasteiger partial charge in [-0.2, -0.15) is 35.4 Å². The van der Waals surface area contributed by atoms with Crippen LogP contribution in [0.2, 0.25) is 0 Å². The Morgan fingerprint density at radius 3 is 1.67 bits per heavy atom. The molecule has 0 spiro atoms. The van der Waals surface area contributed by atoms with Gasteiger partial charge in [0.15, 0.2) is 0 Å². The molecule has 0 N–H and O–H groups in total. The Balaban J connectivity index is 0.000000374. The zero-order valence-corrected chi connectivity index (χ0v) is 36.3. The molecule has 0 nitrogen and oxygen atoms in total. The molecule has 2 aliphatic rings. The fourth-order valence-electron chi connectivity index (χ4n) is 5.97. The molecule has 3 aromatic rings. The van der Waals surface area contributed by atoms with Crippen LogP contribution in [0.25, 0.3) is 11.1 Å². The summed E-state index contributed by atoms with van der Waals surface area (Å²) in [5.41, 5.74) is 15.0. The van der Waals surface area contributed by atoms with Gasteiger partial charge in [-0.1, -0.05) is 124 Å². The smallest absolute Gasteiger partial charge is 0.0640 e. The predicted molar refractivity (Wildman–Crippen MR) is 200 cm³/mol. The molecule has 0 heterocycles. The van der Waals surface area contributed by atoms with E-state index in [4.69, 9.17) is 0 Å². The van der Waals surface area contributed by atoms with Gasteiger partial charge in [0.25, 0.3) is 0 Å². The summed E-state index contributed by atoms with van der Waals surface area (Å²) >= 11 is 1.46. The summed E-state index contributed by atoms with van der Waals surface area (Å²) in [6, 6.07) is 24.0. The van der Waals surface area contributed by atoms with Crippen LogP contribution < -0.4 is 24.8 Å². The monoisotopic (exact) mass is 760 g/mol. The van der Waals surface area contributed by atoms with Crippen LogP contribution in [0.3, 0.4) is 0 Å². The topological polar surface area (TPSA) is 0 Å². The van der Waals surface area contributed by atoms with E-state index in [0.29, 0.717) is 11.3 Å². The predicted octanol–water partition coefficient (Wildman–Crippen LogP) is 6.48. The van der Waals surface area contributed by atoms with Crippen LogP contribution in [0.4, 0.5) is 0 Å². The first-order chi connectivity index (χ1) is 21.2. The van der Waals surface area contributed by atoms with Crippen LogP contribution in [-0.2, 0) is 46.9 Å². The number of hydrogen-bond donors (Lipinski definition) is 0. The molecule has 0 amide bonds. The third-order valence-corrected chi connectivity index (χ3v) is 9.88. The standard InChI is InChI=1S/C21H25.C13H21.C11H14.2ClH.Zr/c1-20(2,3)16-7-9-18-14(12-16)11-15-13-17(21(4,5)6)8-10-19(15)18;1-6-10-8-11(7-2)12(9-10)13(3,4)5;1-9-5-7-10(8-6-9)11(2,3)4;;;/h7-10,12H,11H2,1-6H3;9-10H,6-7H2,1-5H3;1,5-8H,2-4H3;2*1H;/q2*-1;;;;+2/p-2. The van der Waals surface area contributed by atoms with Gasteiger partial charge in [-0.25, -0.2) is 5.57 Å². The quantitative estimate of drug-likeness (QED) is 0.210. The van der Waals surface area contributed by atoms with E-state index in [1.165, 1.54) is 86.3 Å². The first-order valence-electron chi connectivity index (χ1n) is 17.3. The van der Waals surface area contributed by atoms with Gasteiger partial charge >= 0.3 is 89.5 Å². The van der Waals surface area contributed by atoms with Crippen molar-refractivity contribution >= 4 is 3.71 Å². The first kappa shape index (κ1) is 44.5. The SMILES string of the molecule is CC(C)(C)c1[c-]c2c(cc1)-c1ccc(C(C)(C)C)cc1C2.CC(C)(C)c1ccc([CH]=[Zr+2])cc1.CCC1=[C-]C(CC)C=C1C(C)(C)C.[Cl-].[Cl-]. The van der Waals surface area contributed by atoms with Crippen molar-refractivity contribution in [1.29, 1.82) is 0 Å². The van der Waals surface area contributed by atoms with Crippen LogP contribution in [0.1, 0.15) is 143 Å². The van der Waals surface area contributed by atoms with Gasteiger partial charge in [0.05, 0.1) is 0 Å². The van der Waals surface area contributed by atoms with Gasteiger partial charge in [0, 0.05) is 0 Å². The summed E-state index contributed by atoms with van der Waals surface area (Å²) in [7, 11) is 0. The maximum atomic E-state index is 3.67. The van der Waals surface area contributed by atoms with E-state index < -0.39 is 0 Å². The molecule has 0 aromatic heterocycles. The molecule has 3 aromatic carbocycles. The van der Waals surface area contributed by atoms with Crippen LogP contribution in [-0.4, -0.2) is 3.71 Å². The van der Waals surface area contributed by atoms with Crippen molar-refractivity contribution in [3.63, 3.8) is 0 Å². The third-order valence-electron chi connectivity index (χ3n) is 9.06. The second-order valence-corrected chi connectivity index (χ2v) is 17.9.